The summed E-state index contributed by atoms with van der Waals surface area (Å²) in [6.07, 6.45) is 0. The molecule has 1 unspecified atom stereocenters. The van der Waals surface area contributed by atoms with Gasteiger partial charge in [0.25, 0.3) is 0 Å². The minimum absolute atomic E-state index is 0.0297. The first-order valence-electron chi connectivity index (χ1n) is 8.53. The Hall–Kier alpha value is -2.34. The number of carbonyl (C=O) groups is 1. The molecule has 6 heteroatoms. The molecule has 1 aromatic heterocycles. The second-order valence-electron chi connectivity index (χ2n) is 5.81. The summed E-state index contributed by atoms with van der Waals surface area (Å²) in [5.41, 5.74) is 2.83. The van der Waals surface area contributed by atoms with E-state index in [1.54, 1.807) is 6.92 Å². The first-order chi connectivity index (χ1) is 12.7. The van der Waals surface area contributed by atoms with Gasteiger partial charge in [-0.3, -0.25) is 0 Å². The molecule has 0 spiro atoms. The van der Waals surface area contributed by atoms with Gasteiger partial charge in [0.1, 0.15) is 5.69 Å². The Bertz CT molecular complexity index is 907. The van der Waals surface area contributed by atoms with E-state index in [1.165, 1.54) is 0 Å². The maximum atomic E-state index is 12.6. The number of aromatic nitrogens is 1. The van der Waals surface area contributed by atoms with Crippen LogP contribution in [0.25, 0.3) is 10.9 Å². The van der Waals surface area contributed by atoms with Crippen LogP contribution in [-0.2, 0) is 4.74 Å². The number of rotatable bonds is 7. The smallest absolute Gasteiger partial charge is 0.355 e. The number of fused-ring (bicyclic) bond motifs is 1. The topological polar surface area (TPSA) is 74.4 Å². The second-order valence-corrected chi connectivity index (χ2v) is 6.22. The number of hydrogen-bond donors (Lipinski definition) is 3. The van der Waals surface area contributed by atoms with Gasteiger partial charge in [-0.15, -0.1) is 0 Å². The maximum absolute atomic E-state index is 12.6. The number of ether oxygens (including phenoxy) is 1. The van der Waals surface area contributed by atoms with E-state index in [4.69, 9.17) is 16.3 Å². The molecular weight excluding hydrogens is 352 g/mol. The third-order valence-electron chi connectivity index (χ3n) is 4.19. The Kier molecular flexibility index (Phi) is 5.93. The molecule has 1 atom stereocenters. The van der Waals surface area contributed by atoms with E-state index in [2.05, 4.69) is 10.3 Å². The van der Waals surface area contributed by atoms with Crippen molar-refractivity contribution in [2.75, 3.05) is 19.8 Å². The normalized spacial score (nSPS) is 12.3. The Labute approximate surface area is 156 Å². The molecule has 3 aromatic rings. The summed E-state index contributed by atoms with van der Waals surface area (Å²) < 4.78 is 5.24. The summed E-state index contributed by atoms with van der Waals surface area (Å²) in [6, 6.07) is 14.8. The summed E-state index contributed by atoms with van der Waals surface area (Å²) >= 11 is 6.43. The number of hydrogen-bond acceptors (Lipinski definition) is 4. The monoisotopic (exact) mass is 372 g/mol. The highest BCUT2D eigenvalue weighted by Gasteiger charge is 2.27. The van der Waals surface area contributed by atoms with Crippen LogP contribution in [0.15, 0.2) is 48.5 Å². The number of H-pyrrole nitrogens is 1. The Morgan fingerprint density at radius 3 is 2.69 bits per heavy atom. The zero-order valence-corrected chi connectivity index (χ0v) is 15.2. The molecule has 0 saturated heterocycles. The van der Waals surface area contributed by atoms with E-state index >= 15 is 0 Å². The number of aliphatic hydroxyl groups is 1. The number of halogens is 1. The van der Waals surface area contributed by atoms with Gasteiger partial charge in [0, 0.05) is 28.0 Å². The molecule has 2 aromatic carbocycles. The molecule has 136 valence electrons. The minimum atomic E-state index is -0.415. The molecular formula is C20H21ClN2O3. The van der Waals surface area contributed by atoms with Crippen LogP contribution in [0, 0.1) is 0 Å². The van der Waals surface area contributed by atoms with E-state index in [9.17, 15) is 9.90 Å². The van der Waals surface area contributed by atoms with Gasteiger partial charge in [0.05, 0.1) is 19.3 Å². The molecule has 0 aliphatic heterocycles. The van der Waals surface area contributed by atoms with Crippen molar-refractivity contribution in [1.82, 2.24) is 10.3 Å². The lowest BCUT2D eigenvalue weighted by molar-refractivity contribution is 0.0518. The zero-order valence-electron chi connectivity index (χ0n) is 14.5. The summed E-state index contributed by atoms with van der Waals surface area (Å²) in [7, 11) is 0. The van der Waals surface area contributed by atoms with Crippen molar-refractivity contribution >= 4 is 28.5 Å². The van der Waals surface area contributed by atoms with Crippen LogP contribution in [0.1, 0.15) is 34.6 Å². The van der Waals surface area contributed by atoms with E-state index in [0.29, 0.717) is 17.3 Å². The molecule has 0 fully saturated rings. The van der Waals surface area contributed by atoms with Crippen molar-refractivity contribution in [3.8, 4) is 0 Å². The molecule has 5 nitrogen and oxygen atoms in total. The first-order valence-corrected chi connectivity index (χ1v) is 8.91. The summed E-state index contributed by atoms with van der Waals surface area (Å²) in [6.45, 7) is 2.39. The van der Waals surface area contributed by atoms with Gasteiger partial charge >= 0.3 is 5.97 Å². The number of para-hydroxylation sites is 1. The largest absolute Gasteiger partial charge is 0.461 e. The van der Waals surface area contributed by atoms with Gasteiger partial charge in [0.2, 0.25) is 0 Å². The molecule has 1 heterocycles. The third-order valence-corrected chi connectivity index (χ3v) is 4.54. The highest BCUT2D eigenvalue weighted by atomic mass is 35.5. The van der Waals surface area contributed by atoms with Crippen LogP contribution >= 0.6 is 11.6 Å². The molecule has 26 heavy (non-hydrogen) atoms. The average Bonchev–Trinajstić information content (AvgIpc) is 3.03. The predicted molar refractivity (Wildman–Crippen MR) is 103 cm³/mol. The van der Waals surface area contributed by atoms with Crippen molar-refractivity contribution in [3.63, 3.8) is 0 Å². The van der Waals surface area contributed by atoms with Crippen molar-refractivity contribution in [2.24, 2.45) is 0 Å². The zero-order chi connectivity index (χ0) is 18.5. The fourth-order valence-corrected chi connectivity index (χ4v) is 3.36. The molecule has 3 N–H and O–H groups in total. The fraction of sp³-hybridized carbons (Fsp3) is 0.250. The van der Waals surface area contributed by atoms with Gasteiger partial charge in [-0.1, -0.05) is 48.0 Å². The molecule has 0 radical (unpaired) electrons. The van der Waals surface area contributed by atoms with Crippen molar-refractivity contribution in [1.29, 1.82) is 0 Å². The van der Waals surface area contributed by atoms with Crippen molar-refractivity contribution in [2.45, 2.75) is 13.0 Å². The Balaban J connectivity index is 2.22. The lowest BCUT2D eigenvalue weighted by Gasteiger charge is -2.21. The molecule has 3 rings (SSSR count). The molecule has 0 aliphatic rings. The molecule has 0 aliphatic carbocycles. The van der Waals surface area contributed by atoms with Gasteiger partial charge < -0.3 is 20.1 Å². The lowest BCUT2D eigenvalue weighted by atomic mass is 9.95. The molecule has 0 bridgehead atoms. The van der Waals surface area contributed by atoms with Crippen molar-refractivity contribution < 1.29 is 14.6 Å². The van der Waals surface area contributed by atoms with Crippen LogP contribution in [0.5, 0.6) is 0 Å². The number of esters is 1. The molecule has 0 saturated carbocycles. The maximum Gasteiger partial charge on any atom is 0.355 e. The van der Waals surface area contributed by atoms with Gasteiger partial charge in [-0.25, -0.2) is 4.79 Å². The number of nitrogens with one attached hydrogen (secondary N) is 2. The van der Waals surface area contributed by atoms with Crippen molar-refractivity contribution in [3.05, 3.63) is 70.4 Å². The third kappa shape index (κ3) is 3.60. The van der Waals surface area contributed by atoms with Gasteiger partial charge in [-0.2, -0.15) is 0 Å². The SMILES string of the molecule is CCOC(=O)c1[nH]c2ccccc2c1C(NCCO)c1ccccc1Cl. The summed E-state index contributed by atoms with van der Waals surface area (Å²) in [4.78, 5) is 15.7. The van der Waals surface area contributed by atoms with E-state index < -0.39 is 5.97 Å². The summed E-state index contributed by atoms with van der Waals surface area (Å²) in [5.74, 6) is -0.415. The average molecular weight is 373 g/mol. The highest BCUT2D eigenvalue weighted by Crippen LogP contribution is 2.35. The van der Waals surface area contributed by atoms with Gasteiger partial charge in [0.15, 0.2) is 0 Å². The first kappa shape index (κ1) is 18.5. The lowest BCUT2D eigenvalue weighted by Crippen LogP contribution is -2.27. The van der Waals surface area contributed by atoms with E-state index in [0.717, 1.165) is 22.0 Å². The number of carbonyl (C=O) groups excluding carboxylic acids is 1. The number of aromatic amines is 1. The van der Waals surface area contributed by atoms with Crippen LogP contribution < -0.4 is 5.32 Å². The number of aliphatic hydroxyl groups excluding tert-OH is 1. The fourth-order valence-electron chi connectivity index (χ4n) is 3.11. The minimum Gasteiger partial charge on any atom is -0.461 e. The quantitative estimate of drug-likeness (QED) is 0.553. The van der Waals surface area contributed by atoms with E-state index in [-0.39, 0.29) is 19.3 Å². The van der Waals surface area contributed by atoms with E-state index in [1.807, 2.05) is 48.5 Å². The molecule has 0 amide bonds. The Morgan fingerprint density at radius 1 is 1.23 bits per heavy atom. The summed E-state index contributed by atoms with van der Waals surface area (Å²) in [5, 5.41) is 14.1. The number of benzene rings is 2. The second kappa shape index (κ2) is 8.36. The Morgan fingerprint density at radius 2 is 1.96 bits per heavy atom. The van der Waals surface area contributed by atoms with Crippen LogP contribution in [0.2, 0.25) is 5.02 Å². The van der Waals surface area contributed by atoms with Crippen LogP contribution in [0.3, 0.4) is 0 Å². The van der Waals surface area contributed by atoms with Crippen LogP contribution in [-0.4, -0.2) is 35.8 Å². The van der Waals surface area contributed by atoms with Gasteiger partial charge in [-0.05, 0) is 24.6 Å². The highest BCUT2D eigenvalue weighted by molar-refractivity contribution is 6.31. The van der Waals surface area contributed by atoms with Crippen LogP contribution in [0.4, 0.5) is 0 Å². The predicted octanol–water partition coefficient (Wildman–Crippen LogP) is 3.67. The standard InChI is InChI=1S/C20H21ClN2O3/c1-2-26-20(25)19-17(14-8-4-6-10-16(14)23-19)18(22-11-12-24)13-7-3-5-9-15(13)21/h3-10,18,22-24H,2,11-12H2,1H3.